The molecule has 0 N–H and O–H groups in total. The van der Waals surface area contributed by atoms with Crippen molar-refractivity contribution in [2.75, 3.05) is 33.0 Å². The Balaban J connectivity index is 1.25. The molecule has 0 aliphatic carbocycles. The van der Waals surface area contributed by atoms with Crippen molar-refractivity contribution in [2.24, 2.45) is 0 Å². The van der Waals surface area contributed by atoms with E-state index in [2.05, 4.69) is 15.0 Å². The zero-order valence-corrected chi connectivity index (χ0v) is 18.9. The fraction of sp³-hybridized carbons (Fsp3) is 0.435. The van der Waals surface area contributed by atoms with Crippen molar-refractivity contribution in [3.05, 3.63) is 46.8 Å². The van der Waals surface area contributed by atoms with Crippen LogP contribution in [0.4, 0.5) is 13.2 Å². The van der Waals surface area contributed by atoms with Crippen LogP contribution < -0.4 is 9.47 Å². The van der Waals surface area contributed by atoms with Gasteiger partial charge in [-0.05, 0) is 37.6 Å². The van der Waals surface area contributed by atoms with Gasteiger partial charge in [0.1, 0.15) is 6.54 Å². The number of benzene rings is 1. The summed E-state index contributed by atoms with van der Waals surface area (Å²) in [6, 6.07) is 6.88. The highest BCUT2D eigenvalue weighted by molar-refractivity contribution is 5.85. The van der Waals surface area contributed by atoms with Crippen LogP contribution in [-0.4, -0.2) is 63.4 Å². The van der Waals surface area contributed by atoms with Gasteiger partial charge in [0.05, 0.1) is 16.6 Å². The zero-order valence-electron chi connectivity index (χ0n) is 18.9. The average Bonchev–Trinajstić information content (AvgIpc) is 3.37. The molecule has 4 heterocycles. The van der Waals surface area contributed by atoms with Crippen LogP contribution in [0, 0.1) is 13.8 Å². The van der Waals surface area contributed by atoms with E-state index in [1.807, 2.05) is 18.2 Å². The molecule has 1 aromatic carbocycles. The highest BCUT2D eigenvalue weighted by Crippen LogP contribution is 2.36. The van der Waals surface area contributed by atoms with Crippen molar-refractivity contribution in [1.29, 1.82) is 0 Å². The molecule has 5 rings (SSSR count). The number of halogens is 3. The molecule has 0 bridgehead atoms. The second-order valence-corrected chi connectivity index (χ2v) is 8.60. The van der Waals surface area contributed by atoms with Gasteiger partial charge in [-0.2, -0.15) is 18.3 Å². The van der Waals surface area contributed by atoms with E-state index >= 15 is 0 Å². The highest BCUT2D eigenvalue weighted by Gasteiger charge is 2.35. The molecule has 0 atom stereocenters. The minimum absolute atomic E-state index is 0.0561. The second kappa shape index (κ2) is 8.46. The third-order valence-electron chi connectivity index (χ3n) is 6.16. The number of fused-ring (bicyclic) bond motifs is 2. The number of ether oxygens (including phenoxy) is 2. The molecule has 0 radical (unpaired) electrons. The number of amides is 1. The van der Waals surface area contributed by atoms with Crippen molar-refractivity contribution < 1.29 is 27.4 Å². The molecular formula is C23H24F3N5O3. The summed E-state index contributed by atoms with van der Waals surface area (Å²) in [5, 5.41) is 4.16. The van der Waals surface area contributed by atoms with Gasteiger partial charge in [0.15, 0.2) is 17.1 Å². The van der Waals surface area contributed by atoms with Crippen LogP contribution in [0.2, 0.25) is 0 Å². The maximum Gasteiger partial charge on any atom is 0.417 e. The van der Waals surface area contributed by atoms with Crippen LogP contribution in [0.3, 0.4) is 0 Å². The summed E-state index contributed by atoms with van der Waals surface area (Å²) in [4.78, 5) is 21.2. The number of rotatable bonds is 4. The van der Waals surface area contributed by atoms with Crippen LogP contribution in [0.25, 0.3) is 11.0 Å². The van der Waals surface area contributed by atoms with Crippen LogP contribution in [0.1, 0.15) is 22.5 Å². The molecule has 180 valence electrons. The van der Waals surface area contributed by atoms with E-state index in [9.17, 15) is 18.0 Å². The Labute approximate surface area is 193 Å². The minimum atomic E-state index is -4.52. The van der Waals surface area contributed by atoms with Crippen LogP contribution >= 0.6 is 0 Å². The molecule has 8 nitrogen and oxygen atoms in total. The van der Waals surface area contributed by atoms with Gasteiger partial charge in [0.2, 0.25) is 12.7 Å². The molecule has 1 fully saturated rings. The Hall–Kier alpha value is -3.34. The fourth-order valence-electron chi connectivity index (χ4n) is 4.49. The lowest BCUT2D eigenvalue weighted by atomic mass is 10.1. The molecule has 0 spiro atoms. The van der Waals surface area contributed by atoms with E-state index in [0.717, 1.165) is 29.7 Å². The average molecular weight is 475 g/mol. The minimum Gasteiger partial charge on any atom is -0.454 e. The van der Waals surface area contributed by atoms with Crippen molar-refractivity contribution in [1.82, 2.24) is 24.6 Å². The normalized spacial score (nSPS) is 16.4. The zero-order chi connectivity index (χ0) is 24.0. The third kappa shape index (κ3) is 4.27. The van der Waals surface area contributed by atoms with Gasteiger partial charge in [0.25, 0.3) is 0 Å². The van der Waals surface area contributed by atoms with Crippen molar-refractivity contribution in [2.45, 2.75) is 33.1 Å². The first-order chi connectivity index (χ1) is 16.2. The van der Waals surface area contributed by atoms with E-state index in [4.69, 9.17) is 9.47 Å². The number of carbonyl (C=O) groups is 1. The summed E-state index contributed by atoms with van der Waals surface area (Å²) in [6.07, 6.45) is -4.52. The number of piperazine rings is 1. The van der Waals surface area contributed by atoms with Gasteiger partial charge in [0, 0.05) is 38.4 Å². The largest absolute Gasteiger partial charge is 0.454 e. The second-order valence-electron chi connectivity index (χ2n) is 8.60. The predicted octanol–water partition coefficient (Wildman–Crippen LogP) is 3.14. The van der Waals surface area contributed by atoms with Crippen LogP contribution in [0.5, 0.6) is 11.5 Å². The maximum atomic E-state index is 13.5. The van der Waals surface area contributed by atoms with Gasteiger partial charge in [-0.3, -0.25) is 9.69 Å². The molecule has 11 heteroatoms. The smallest absolute Gasteiger partial charge is 0.417 e. The van der Waals surface area contributed by atoms with Gasteiger partial charge < -0.3 is 14.4 Å². The van der Waals surface area contributed by atoms with E-state index in [1.54, 1.807) is 4.90 Å². The summed E-state index contributed by atoms with van der Waals surface area (Å²) >= 11 is 0. The Morgan fingerprint density at radius 3 is 2.53 bits per heavy atom. The summed E-state index contributed by atoms with van der Waals surface area (Å²) in [5.41, 5.74) is 0.842. The number of nitrogens with zero attached hydrogens (tertiary/aromatic N) is 5. The predicted molar refractivity (Wildman–Crippen MR) is 116 cm³/mol. The number of pyridine rings is 1. The van der Waals surface area contributed by atoms with Gasteiger partial charge in [-0.25, -0.2) is 9.67 Å². The standard InChI is InChI=1S/C23H24F3N5O3/c1-14-9-17(23(24,25)26)21-15(2)28-31(22(21)27-14)12-20(32)30-7-5-29(6-8-30)11-16-3-4-18-19(10-16)34-13-33-18/h3-4,9-10H,5-8,11-13H2,1-2H3. The molecule has 1 saturated heterocycles. The Morgan fingerprint density at radius 1 is 1.06 bits per heavy atom. The lowest BCUT2D eigenvalue weighted by molar-refractivity contribution is -0.136. The molecule has 2 aliphatic rings. The van der Waals surface area contributed by atoms with E-state index in [0.29, 0.717) is 26.2 Å². The summed E-state index contributed by atoms with van der Waals surface area (Å²) < 4.78 is 52.7. The Bertz CT molecular complexity index is 1250. The van der Waals surface area contributed by atoms with Crippen molar-refractivity contribution >= 4 is 16.9 Å². The Morgan fingerprint density at radius 2 is 1.79 bits per heavy atom. The molecule has 0 unspecified atom stereocenters. The number of hydrogen-bond donors (Lipinski definition) is 0. The first-order valence-corrected chi connectivity index (χ1v) is 11.0. The molecule has 1 amide bonds. The van der Waals surface area contributed by atoms with Gasteiger partial charge >= 0.3 is 6.18 Å². The van der Waals surface area contributed by atoms with Crippen LogP contribution in [-0.2, 0) is 24.1 Å². The quantitative estimate of drug-likeness (QED) is 0.578. The number of aryl methyl sites for hydroxylation is 2. The molecule has 2 aliphatic heterocycles. The first-order valence-electron chi connectivity index (χ1n) is 11.0. The first kappa shape index (κ1) is 22.5. The lowest BCUT2D eigenvalue weighted by Crippen LogP contribution is -2.49. The number of alkyl halides is 3. The highest BCUT2D eigenvalue weighted by atomic mass is 19.4. The molecule has 34 heavy (non-hydrogen) atoms. The fourth-order valence-corrected chi connectivity index (χ4v) is 4.49. The molecular weight excluding hydrogens is 451 g/mol. The summed E-state index contributed by atoms with van der Waals surface area (Å²) in [7, 11) is 0. The monoisotopic (exact) mass is 475 g/mol. The van der Waals surface area contributed by atoms with E-state index < -0.39 is 11.7 Å². The maximum absolute atomic E-state index is 13.5. The number of hydrogen-bond acceptors (Lipinski definition) is 6. The molecule has 2 aromatic heterocycles. The van der Waals surface area contributed by atoms with Crippen molar-refractivity contribution in [3.63, 3.8) is 0 Å². The van der Waals surface area contributed by atoms with Gasteiger partial charge in [-0.1, -0.05) is 6.07 Å². The van der Waals surface area contributed by atoms with Crippen molar-refractivity contribution in [3.8, 4) is 11.5 Å². The lowest BCUT2D eigenvalue weighted by Gasteiger charge is -2.34. The third-order valence-corrected chi connectivity index (χ3v) is 6.16. The van der Waals surface area contributed by atoms with Gasteiger partial charge in [-0.15, -0.1) is 0 Å². The van der Waals surface area contributed by atoms with E-state index in [1.165, 1.54) is 18.5 Å². The Kier molecular flexibility index (Phi) is 5.59. The topological polar surface area (TPSA) is 72.7 Å². The van der Waals surface area contributed by atoms with Crippen LogP contribution in [0.15, 0.2) is 24.3 Å². The van der Waals surface area contributed by atoms with E-state index in [-0.39, 0.29) is 41.7 Å². The summed E-state index contributed by atoms with van der Waals surface area (Å²) in [5.74, 6) is 1.29. The SMILES string of the molecule is Cc1cc(C(F)(F)F)c2c(C)nn(CC(=O)N3CCN(Cc4ccc5c(c4)OCO5)CC3)c2n1. The number of carbonyl (C=O) groups excluding carboxylic acids is 1. The summed E-state index contributed by atoms with van der Waals surface area (Å²) in [6.45, 7) is 6.25. The molecule has 0 saturated carbocycles. The number of aromatic nitrogens is 3. The molecule has 3 aromatic rings.